The molecule has 0 rings (SSSR count). The Morgan fingerprint density at radius 3 is 0.755 bits per heavy atom. The zero-order chi connectivity index (χ0) is 69.6. The maximum absolute atomic E-state index is 13.1. The molecule has 17 nitrogen and oxygen atoms in total. The van der Waals surface area contributed by atoms with E-state index in [1.807, 2.05) is 0 Å². The molecule has 0 saturated heterocycles. The molecule has 19 heteroatoms. The molecule has 558 valence electrons. The first-order valence-electron chi connectivity index (χ1n) is 38.8. The number of aliphatic hydroxyl groups excluding tert-OH is 1. The van der Waals surface area contributed by atoms with E-state index >= 15 is 0 Å². The molecule has 0 aromatic carbocycles. The Labute approximate surface area is 575 Å². The number of aliphatic hydroxyl groups is 1. The van der Waals surface area contributed by atoms with Gasteiger partial charge in [0.15, 0.2) is 12.2 Å². The van der Waals surface area contributed by atoms with Gasteiger partial charge < -0.3 is 33.8 Å². The van der Waals surface area contributed by atoms with E-state index in [2.05, 4.69) is 55.4 Å². The van der Waals surface area contributed by atoms with Crippen molar-refractivity contribution in [2.75, 3.05) is 39.6 Å². The van der Waals surface area contributed by atoms with Crippen molar-refractivity contribution in [1.82, 2.24) is 0 Å². The predicted octanol–water partition coefficient (Wildman–Crippen LogP) is 21.7. The highest BCUT2D eigenvalue weighted by Crippen LogP contribution is 2.45. The summed E-state index contributed by atoms with van der Waals surface area (Å²) in [5, 5.41) is 10.6. The van der Waals surface area contributed by atoms with Crippen molar-refractivity contribution in [1.29, 1.82) is 0 Å². The number of ether oxygens (including phenoxy) is 4. The Morgan fingerprint density at radius 2 is 0.511 bits per heavy atom. The van der Waals surface area contributed by atoms with Gasteiger partial charge in [0.05, 0.1) is 26.4 Å². The Hall–Kier alpha value is -1.94. The van der Waals surface area contributed by atoms with Gasteiger partial charge in [0.25, 0.3) is 0 Å². The molecule has 0 saturated carbocycles. The van der Waals surface area contributed by atoms with Crippen molar-refractivity contribution in [3.05, 3.63) is 0 Å². The maximum atomic E-state index is 13.1. The number of rotatable bonds is 72. The van der Waals surface area contributed by atoms with Crippen LogP contribution in [0, 0.1) is 23.7 Å². The summed E-state index contributed by atoms with van der Waals surface area (Å²) in [5.41, 5.74) is 0. The topological polar surface area (TPSA) is 237 Å². The number of phosphoric ester groups is 2. The van der Waals surface area contributed by atoms with Gasteiger partial charge >= 0.3 is 39.5 Å². The number of unbranched alkanes of at least 4 members (excludes halogenated alkanes) is 36. The van der Waals surface area contributed by atoms with E-state index in [0.717, 1.165) is 120 Å². The first-order chi connectivity index (χ1) is 45.2. The molecular formula is C75H146O17P2. The van der Waals surface area contributed by atoms with Crippen molar-refractivity contribution in [2.24, 2.45) is 23.7 Å². The highest BCUT2D eigenvalue weighted by Gasteiger charge is 2.30. The lowest BCUT2D eigenvalue weighted by molar-refractivity contribution is -0.161. The zero-order valence-electron chi connectivity index (χ0n) is 61.6. The van der Waals surface area contributed by atoms with Crippen LogP contribution >= 0.6 is 15.6 Å². The van der Waals surface area contributed by atoms with Crippen LogP contribution in [0.15, 0.2) is 0 Å². The lowest BCUT2D eigenvalue weighted by Gasteiger charge is -2.21. The summed E-state index contributed by atoms with van der Waals surface area (Å²) in [4.78, 5) is 72.7. The van der Waals surface area contributed by atoms with Crippen molar-refractivity contribution >= 4 is 39.5 Å². The summed E-state index contributed by atoms with van der Waals surface area (Å²) >= 11 is 0. The molecule has 0 aromatic heterocycles. The molecular weight excluding hydrogens is 1230 g/mol. The third-order valence-electron chi connectivity index (χ3n) is 18.0. The van der Waals surface area contributed by atoms with E-state index in [-0.39, 0.29) is 25.7 Å². The summed E-state index contributed by atoms with van der Waals surface area (Å²) in [6.07, 6.45) is 48.7. The Bertz CT molecular complexity index is 1850. The van der Waals surface area contributed by atoms with Gasteiger partial charge in [0, 0.05) is 25.7 Å². The molecule has 0 amide bonds. The van der Waals surface area contributed by atoms with Gasteiger partial charge in [0.2, 0.25) is 0 Å². The number of hydrogen-bond acceptors (Lipinski definition) is 15. The lowest BCUT2D eigenvalue weighted by atomic mass is 10.00. The SMILES string of the molecule is CCC(C)CCCCCCCCC(=O)OC[C@H](COP(=O)(O)OC[C@H](O)COP(=O)(O)OC[C@@H](COC(=O)CCCCCCCCCCCCCCCCCCC(C)C)OC(=O)CCCCCCCCCCCCCCC(C)C)OC(=O)CCCCCCCCC(C)CC. The van der Waals surface area contributed by atoms with Crippen LogP contribution in [0.1, 0.15) is 376 Å². The van der Waals surface area contributed by atoms with E-state index in [1.165, 1.54) is 173 Å². The Balaban J connectivity index is 5.22. The normalized spacial score (nSPS) is 14.7. The maximum Gasteiger partial charge on any atom is 0.472 e. The van der Waals surface area contributed by atoms with E-state index in [9.17, 15) is 43.2 Å². The number of carbonyl (C=O) groups is 4. The van der Waals surface area contributed by atoms with Crippen LogP contribution in [-0.2, 0) is 65.4 Å². The molecule has 0 fully saturated rings. The average Bonchev–Trinajstić information content (AvgIpc) is 2.00. The lowest BCUT2D eigenvalue weighted by Crippen LogP contribution is -2.30. The quantitative estimate of drug-likeness (QED) is 0.0222. The molecule has 0 radical (unpaired) electrons. The molecule has 0 aliphatic carbocycles. The van der Waals surface area contributed by atoms with Crippen molar-refractivity contribution < 1.29 is 80.2 Å². The first-order valence-corrected chi connectivity index (χ1v) is 41.8. The van der Waals surface area contributed by atoms with E-state index in [4.69, 9.17) is 37.0 Å². The number of esters is 4. The van der Waals surface area contributed by atoms with Crippen molar-refractivity contribution in [3.63, 3.8) is 0 Å². The molecule has 0 heterocycles. The van der Waals surface area contributed by atoms with Crippen LogP contribution in [0.5, 0.6) is 0 Å². The zero-order valence-corrected chi connectivity index (χ0v) is 63.4. The average molecular weight is 1380 g/mol. The third-order valence-corrected chi connectivity index (χ3v) is 19.9. The Morgan fingerprint density at radius 1 is 0.298 bits per heavy atom. The molecule has 0 aromatic rings. The minimum absolute atomic E-state index is 0.102. The van der Waals surface area contributed by atoms with Gasteiger partial charge in [0.1, 0.15) is 19.3 Å². The van der Waals surface area contributed by atoms with Gasteiger partial charge in [-0.1, -0.05) is 325 Å². The summed E-state index contributed by atoms with van der Waals surface area (Å²) in [5.74, 6) is 0.914. The number of hydrogen-bond donors (Lipinski definition) is 3. The minimum atomic E-state index is -4.96. The standard InChI is InChI=1S/C75H146O17P2/c1-9-67(7)53-45-37-31-33-40-48-56-73(78)86-62-71(92-75(80)58-50-42-34-32-38-46-54-68(8)10-2)64-90-94(83,84)88-60-69(76)59-87-93(81,82)89-63-70(91-74(79)57-49-41-30-26-22-18-17-20-24-28-36-44-52-66(5)6)61-85-72(77)55-47-39-29-25-21-16-14-12-11-13-15-19-23-27-35-43-51-65(3)4/h65-71,76H,9-64H2,1-8H3,(H,81,82)(H,83,84)/t67?,68?,69-,70-,71-/m1/s1. The van der Waals surface area contributed by atoms with Crippen LogP contribution in [0.25, 0.3) is 0 Å². The molecule has 0 bridgehead atoms. The second-order valence-electron chi connectivity index (χ2n) is 28.5. The monoisotopic (exact) mass is 1380 g/mol. The highest BCUT2D eigenvalue weighted by molar-refractivity contribution is 7.47. The highest BCUT2D eigenvalue weighted by atomic mass is 31.2. The molecule has 0 aliphatic heterocycles. The summed E-state index contributed by atoms with van der Waals surface area (Å²) < 4.78 is 68.4. The van der Waals surface area contributed by atoms with Gasteiger partial charge in [-0.3, -0.25) is 37.3 Å². The summed E-state index contributed by atoms with van der Waals surface area (Å²) in [6.45, 7) is 14.1. The van der Waals surface area contributed by atoms with Crippen LogP contribution in [0.2, 0.25) is 0 Å². The molecule has 3 N–H and O–H groups in total. The predicted molar refractivity (Wildman–Crippen MR) is 381 cm³/mol. The number of phosphoric acid groups is 2. The fourth-order valence-corrected chi connectivity index (χ4v) is 12.9. The molecule has 0 spiro atoms. The molecule has 7 atom stereocenters. The van der Waals surface area contributed by atoms with Gasteiger partial charge in [-0.25, -0.2) is 9.13 Å². The smallest absolute Gasteiger partial charge is 0.462 e. The second kappa shape index (κ2) is 64.4. The van der Waals surface area contributed by atoms with Crippen molar-refractivity contribution in [2.45, 2.75) is 395 Å². The van der Waals surface area contributed by atoms with Gasteiger partial charge in [-0.15, -0.1) is 0 Å². The van der Waals surface area contributed by atoms with Gasteiger partial charge in [-0.05, 0) is 49.4 Å². The summed E-state index contributed by atoms with van der Waals surface area (Å²) in [6, 6.07) is 0. The largest absolute Gasteiger partial charge is 0.472 e. The fraction of sp³-hybridized carbons (Fsp3) is 0.947. The third kappa shape index (κ3) is 66.0. The molecule has 0 aliphatic rings. The van der Waals surface area contributed by atoms with Gasteiger partial charge in [-0.2, -0.15) is 0 Å². The molecule has 4 unspecified atom stereocenters. The van der Waals surface area contributed by atoms with E-state index < -0.39 is 97.5 Å². The van der Waals surface area contributed by atoms with Crippen LogP contribution in [0.4, 0.5) is 0 Å². The Kier molecular flexibility index (Phi) is 63.1. The first kappa shape index (κ1) is 92.1. The fourth-order valence-electron chi connectivity index (χ4n) is 11.3. The minimum Gasteiger partial charge on any atom is -0.462 e. The molecule has 94 heavy (non-hydrogen) atoms. The van der Waals surface area contributed by atoms with Crippen molar-refractivity contribution in [3.8, 4) is 0 Å². The van der Waals surface area contributed by atoms with E-state index in [1.54, 1.807) is 0 Å². The second-order valence-corrected chi connectivity index (χ2v) is 31.4. The van der Waals surface area contributed by atoms with Crippen LogP contribution < -0.4 is 0 Å². The van der Waals surface area contributed by atoms with E-state index in [0.29, 0.717) is 25.7 Å². The number of carbonyl (C=O) groups excluding carboxylic acids is 4. The summed E-state index contributed by atoms with van der Waals surface area (Å²) in [7, 11) is -9.91. The van der Waals surface area contributed by atoms with Crippen LogP contribution in [0.3, 0.4) is 0 Å². The van der Waals surface area contributed by atoms with Crippen LogP contribution in [-0.4, -0.2) is 96.7 Å².